The summed E-state index contributed by atoms with van der Waals surface area (Å²) in [6, 6.07) is 13.2. The molecule has 1 saturated carbocycles. The van der Waals surface area contributed by atoms with Crippen LogP contribution in [0.4, 0.5) is 4.39 Å². The van der Waals surface area contributed by atoms with Crippen LogP contribution in [0, 0.1) is 12.7 Å². The van der Waals surface area contributed by atoms with Crippen LogP contribution in [0.1, 0.15) is 29.5 Å². The molecule has 1 fully saturated rings. The molecule has 20 heavy (non-hydrogen) atoms. The van der Waals surface area contributed by atoms with Crippen molar-refractivity contribution in [3.63, 3.8) is 0 Å². The molecule has 0 aromatic heterocycles. The van der Waals surface area contributed by atoms with E-state index in [1.54, 1.807) is 0 Å². The molecule has 0 bridgehead atoms. The lowest BCUT2D eigenvalue weighted by atomic mass is 10.0. The van der Waals surface area contributed by atoms with Gasteiger partial charge in [-0.05, 0) is 42.5 Å². The van der Waals surface area contributed by atoms with Gasteiger partial charge >= 0.3 is 0 Å². The number of nitrogens with two attached hydrogens (primary N) is 1. The molecule has 104 valence electrons. The smallest absolute Gasteiger partial charge is 0.165 e. The summed E-state index contributed by atoms with van der Waals surface area (Å²) in [5.74, 6) is -0.00508. The Balaban J connectivity index is 1.80. The first kappa shape index (κ1) is 13.1. The van der Waals surface area contributed by atoms with Gasteiger partial charge in [0.1, 0.15) is 6.61 Å². The van der Waals surface area contributed by atoms with Crippen LogP contribution in [0.5, 0.6) is 5.75 Å². The third kappa shape index (κ3) is 2.54. The summed E-state index contributed by atoms with van der Waals surface area (Å²) in [4.78, 5) is 0. The zero-order valence-electron chi connectivity index (χ0n) is 11.5. The molecule has 0 unspecified atom stereocenters. The Morgan fingerprint density at radius 1 is 1.20 bits per heavy atom. The molecule has 2 aromatic rings. The van der Waals surface area contributed by atoms with Crippen molar-refractivity contribution < 1.29 is 9.13 Å². The van der Waals surface area contributed by atoms with E-state index in [9.17, 15) is 4.39 Å². The third-order valence-corrected chi connectivity index (χ3v) is 3.82. The second-order valence-corrected chi connectivity index (χ2v) is 5.53. The fourth-order valence-electron chi connectivity index (χ4n) is 2.35. The van der Waals surface area contributed by atoms with E-state index < -0.39 is 0 Å². The summed E-state index contributed by atoms with van der Waals surface area (Å²) < 4.78 is 19.8. The average molecular weight is 271 g/mol. The fraction of sp³-hybridized carbons (Fsp3) is 0.294. The molecule has 3 heteroatoms. The van der Waals surface area contributed by atoms with Gasteiger partial charge in [0.15, 0.2) is 11.6 Å². The van der Waals surface area contributed by atoms with Crippen LogP contribution in [-0.2, 0) is 12.1 Å². The minimum atomic E-state index is -0.326. The van der Waals surface area contributed by atoms with Crippen molar-refractivity contribution in [2.45, 2.75) is 31.9 Å². The Kier molecular flexibility index (Phi) is 3.22. The fourth-order valence-corrected chi connectivity index (χ4v) is 2.35. The molecule has 0 atom stereocenters. The van der Waals surface area contributed by atoms with E-state index in [0.717, 1.165) is 29.5 Å². The number of ether oxygens (including phenoxy) is 1. The number of hydrogen-bond acceptors (Lipinski definition) is 2. The van der Waals surface area contributed by atoms with Crippen molar-refractivity contribution in [2.75, 3.05) is 0 Å². The molecule has 0 aliphatic heterocycles. The maximum atomic E-state index is 14.2. The SMILES string of the molecule is Cc1cc(C2(N)CC2)cc(F)c1OCc1ccccc1. The highest BCUT2D eigenvalue weighted by atomic mass is 19.1. The van der Waals surface area contributed by atoms with E-state index in [1.807, 2.05) is 43.3 Å². The van der Waals surface area contributed by atoms with Crippen molar-refractivity contribution in [1.82, 2.24) is 0 Å². The van der Waals surface area contributed by atoms with E-state index in [0.29, 0.717) is 12.4 Å². The van der Waals surface area contributed by atoms with Crippen molar-refractivity contribution in [3.8, 4) is 5.75 Å². The van der Waals surface area contributed by atoms with Crippen molar-refractivity contribution in [2.24, 2.45) is 5.73 Å². The summed E-state index contributed by atoms with van der Waals surface area (Å²) >= 11 is 0. The van der Waals surface area contributed by atoms with Crippen LogP contribution >= 0.6 is 0 Å². The van der Waals surface area contributed by atoms with Gasteiger partial charge in [-0.2, -0.15) is 0 Å². The first-order valence-corrected chi connectivity index (χ1v) is 6.85. The summed E-state index contributed by atoms with van der Waals surface area (Å²) in [5.41, 5.74) is 8.49. The van der Waals surface area contributed by atoms with Crippen molar-refractivity contribution >= 4 is 0 Å². The molecular weight excluding hydrogens is 253 g/mol. The summed E-state index contributed by atoms with van der Waals surface area (Å²) in [7, 11) is 0. The summed E-state index contributed by atoms with van der Waals surface area (Å²) in [6.07, 6.45) is 1.85. The largest absolute Gasteiger partial charge is 0.486 e. The Morgan fingerprint density at radius 3 is 2.50 bits per heavy atom. The van der Waals surface area contributed by atoms with Gasteiger partial charge in [0, 0.05) is 5.54 Å². The Morgan fingerprint density at radius 2 is 1.90 bits per heavy atom. The number of aryl methyl sites for hydroxylation is 1. The van der Waals surface area contributed by atoms with E-state index in [1.165, 1.54) is 6.07 Å². The molecule has 2 N–H and O–H groups in total. The van der Waals surface area contributed by atoms with Crippen LogP contribution in [0.15, 0.2) is 42.5 Å². The maximum Gasteiger partial charge on any atom is 0.165 e. The van der Waals surface area contributed by atoms with Crippen LogP contribution in [0.2, 0.25) is 0 Å². The molecule has 0 radical (unpaired) electrons. The average Bonchev–Trinajstić information content (AvgIpc) is 3.18. The van der Waals surface area contributed by atoms with Crippen LogP contribution < -0.4 is 10.5 Å². The first-order valence-electron chi connectivity index (χ1n) is 6.85. The Labute approximate surface area is 118 Å². The monoisotopic (exact) mass is 271 g/mol. The van der Waals surface area contributed by atoms with E-state index >= 15 is 0 Å². The Hall–Kier alpha value is -1.87. The third-order valence-electron chi connectivity index (χ3n) is 3.82. The van der Waals surface area contributed by atoms with Gasteiger partial charge in [-0.3, -0.25) is 0 Å². The number of benzene rings is 2. The van der Waals surface area contributed by atoms with Gasteiger partial charge in [0.25, 0.3) is 0 Å². The summed E-state index contributed by atoms with van der Waals surface area (Å²) in [6.45, 7) is 2.23. The van der Waals surface area contributed by atoms with Crippen molar-refractivity contribution in [3.05, 3.63) is 65.0 Å². The van der Waals surface area contributed by atoms with E-state index in [4.69, 9.17) is 10.5 Å². The minimum absolute atomic E-state index is 0.316. The van der Waals surface area contributed by atoms with Crippen LogP contribution in [-0.4, -0.2) is 0 Å². The van der Waals surface area contributed by atoms with E-state index in [-0.39, 0.29) is 11.4 Å². The topological polar surface area (TPSA) is 35.2 Å². The predicted octanol–water partition coefficient (Wildman–Crippen LogP) is 3.66. The quantitative estimate of drug-likeness (QED) is 0.921. The number of hydrogen-bond donors (Lipinski definition) is 1. The molecule has 0 heterocycles. The standard InChI is InChI=1S/C17H18FNO/c1-12-9-14(17(19)7-8-17)10-15(18)16(12)20-11-13-5-3-2-4-6-13/h2-6,9-10H,7-8,11,19H2,1H3. The number of rotatable bonds is 4. The second kappa shape index (κ2) is 4.91. The molecule has 1 aliphatic carbocycles. The molecule has 3 rings (SSSR count). The molecular formula is C17H18FNO. The minimum Gasteiger partial charge on any atom is -0.486 e. The highest BCUT2D eigenvalue weighted by Crippen LogP contribution is 2.44. The van der Waals surface area contributed by atoms with E-state index in [2.05, 4.69) is 0 Å². The zero-order chi connectivity index (χ0) is 14.2. The van der Waals surface area contributed by atoms with Gasteiger partial charge in [0.2, 0.25) is 0 Å². The highest BCUT2D eigenvalue weighted by Gasteiger charge is 2.40. The maximum absolute atomic E-state index is 14.2. The Bertz CT molecular complexity index is 597. The number of halogens is 1. The molecule has 0 amide bonds. The zero-order valence-corrected chi connectivity index (χ0v) is 11.5. The molecule has 0 saturated heterocycles. The van der Waals surface area contributed by atoms with Gasteiger partial charge in [-0.25, -0.2) is 4.39 Å². The lowest BCUT2D eigenvalue weighted by Gasteiger charge is -2.15. The second-order valence-electron chi connectivity index (χ2n) is 5.53. The predicted molar refractivity (Wildman–Crippen MR) is 77.0 cm³/mol. The lowest BCUT2D eigenvalue weighted by molar-refractivity contribution is 0.287. The van der Waals surface area contributed by atoms with Gasteiger partial charge < -0.3 is 10.5 Å². The lowest BCUT2D eigenvalue weighted by Crippen LogP contribution is -2.19. The summed E-state index contributed by atoms with van der Waals surface area (Å²) in [5, 5.41) is 0. The normalized spacial score (nSPS) is 15.9. The molecule has 1 aliphatic rings. The molecule has 2 nitrogen and oxygen atoms in total. The first-order chi connectivity index (χ1) is 9.58. The van der Waals surface area contributed by atoms with Gasteiger partial charge in [-0.1, -0.05) is 36.4 Å². The van der Waals surface area contributed by atoms with Crippen molar-refractivity contribution in [1.29, 1.82) is 0 Å². The highest BCUT2D eigenvalue weighted by molar-refractivity contribution is 5.42. The van der Waals surface area contributed by atoms with Gasteiger partial charge in [-0.15, -0.1) is 0 Å². The van der Waals surface area contributed by atoms with Gasteiger partial charge in [0.05, 0.1) is 0 Å². The molecule has 0 spiro atoms. The van der Waals surface area contributed by atoms with Crippen LogP contribution in [0.3, 0.4) is 0 Å². The molecule has 2 aromatic carbocycles. The van der Waals surface area contributed by atoms with Crippen LogP contribution in [0.25, 0.3) is 0 Å².